The number of hydrogen-bond acceptors (Lipinski definition) is 4. The molecule has 102 valence electrons. The highest BCUT2D eigenvalue weighted by molar-refractivity contribution is 7.90. The largest absolute Gasteiger partial charge is 0.377 e. The molecule has 0 spiro atoms. The molecule has 0 radical (unpaired) electrons. The molecule has 0 aliphatic heterocycles. The van der Waals surface area contributed by atoms with Crippen LogP contribution >= 0.6 is 0 Å². The standard InChI is InChI=1S/C12H14FN3O2S/c1-16-8-14-6-9(16)7-15-12-5-10(19(2,17)18)3-4-11(12)13/h3-6,8,15H,7H2,1-2H3. The highest BCUT2D eigenvalue weighted by Crippen LogP contribution is 2.20. The highest BCUT2D eigenvalue weighted by atomic mass is 32.2. The van der Waals surface area contributed by atoms with Crippen molar-refractivity contribution in [3.8, 4) is 0 Å². The summed E-state index contributed by atoms with van der Waals surface area (Å²) in [4.78, 5) is 4.03. The molecule has 0 fully saturated rings. The molecule has 7 heteroatoms. The van der Waals surface area contributed by atoms with Crippen molar-refractivity contribution in [1.82, 2.24) is 9.55 Å². The van der Waals surface area contributed by atoms with Crippen LogP contribution in [0.2, 0.25) is 0 Å². The van der Waals surface area contributed by atoms with Crippen molar-refractivity contribution in [3.05, 3.63) is 42.2 Å². The van der Waals surface area contributed by atoms with E-state index in [9.17, 15) is 12.8 Å². The molecule has 0 atom stereocenters. The SMILES string of the molecule is Cn1cncc1CNc1cc(S(C)(=O)=O)ccc1F. The Morgan fingerprint density at radius 2 is 2.16 bits per heavy atom. The number of nitrogens with one attached hydrogen (secondary N) is 1. The van der Waals surface area contributed by atoms with E-state index in [0.717, 1.165) is 18.0 Å². The third kappa shape index (κ3) is 3.11. The van der Waals surface area contributed by atoms with Gasteiger partial charge in [-0.05, 0) is 18.2 Å². The fourth-order valence-electron chi connectivity index (χ4n) is 1.61. The highest BCUT2D eigenvalue weighted by Gasteiger charge is 2.11. The Morgan fingerprint density at radius 3 is 2.74 bits per heavy atom. The second-order valence-corrected chi connectivity index (χ2v) is 6.28. The van der Waals surface area contributed by atoms with E-state index in [0.29, 0.717) is 6.54 Å². The van der Waals surface area contributed by atoms with Crippen LogP contribution in [-0.2, 0) is 23.4 Å². The lowest BCUT2D eigenvalue weighted by Crippen LogP contribution is -2.06. The van der Waals surface area contributed by atoms with Crippen LogP contribution in [0, 0.1) is 5.82 Å². The summed E-state index contributed by atoms with van der Waals surface area (Å²) in [7, 11) is -1.52. The number of hydrogen-bond donors (Lipinski definition) is 1. The van der Waals surface area contributed by atoms with Gasteiger partial charge in [0.25, 0.3) is 0 Å². The minimum absolute atomic E-state index is 0.0846. The normalized spacial score (nSPS) is 11.5. The first-order valence-corrected chi connectivity index (χ1v) is 7.46. The number of rotatable bonds is 4. The van der Waals surface area contributed by atoms with Gasteiger partial charge in [0.05, 0.1) is 29.1 Å². The van der Waals surface area contributed by atoms with E-state index in [1.807, 2.05) is 7.05 Å². The molecule has 5 nitrogen and oxygen atoms in total. The van der Waals surface area contributed by atoms with E-state index in [2.05, 4.69) is 10.3 Å². The van der Waals surface area contributed by atoms with Crippen molar-refractivity contribution < 1.29 is 12.8 Å². The van der Waals surface area contributed by atoms with Gasteiger partial charge in [-0.15, -0.1) is 0 Å². The number of aromatic nitrogens is 2. The molecule has 0 saturated heterocycles. The van der Waals surface area contributed by atoms with Crippen LogP contribution in [0.1, 0.15) is 5.69 Å². The van der Waals surface area contributed by atoms with Crippen LogP contribution in [0.4, 0.5) is 10.1 Å². The van der Waals surface area contributed by atoms with E-state index < -0.39 is 15.7 Å². The predicted octanol–water partition coefficient (Wildman–Crippen LogP) is 1.57. The Hall–Kier alpha value is -1.89. The molecule has 19 heavy (non-hydrogen) atoms. The summed E-state index contributed by atoms with van der Waals surface area (Å²) in [5.74, 6) is -0.491. The van der Waals surface area contributed by atoms with Crippen LogP contribution in [0.15, 0.2) is 35.6 Å². The summed E-state index contributed by atoms with van der Waals surface area (Å²) in [5.41, 5.74) is 1.02. The molecule has 0 bridgehead atoms. The molecule has 2 rings (SSSR count). The Labute approximate surface area is 111 Å². The molecule has 0 amide bonds. The topological polar surface area (TPSA) is 64.0 Å². The van der Waals surface area contributed by atoms with Gasteiger partial charge in [0.1, 0.15) is 5.82 Å². The molecule has 0 aliphatic rings. The van der Waals surface area contributed by atoms with E-state index in [4.69, 9.17) is 0 Å². The summed E-state index contributed by atoms with van der Waals surface area (Å²) in [6.45, 7) is 0.362. The van der Waals surface area contributed by atoms with Gasteiger partial charge in [0, 0.05) is 19.5 Å². The van der Waals surface area contributed by atoms with E-state index in [1.165, 1.54) is 12.1 Å². The zero-order valence-corrected chi connectivity index (χ0v) is 11.4. The first-order chi connectivity index (χ1) is 8.88. The molecule has 0 saturated carbocycles. The van der Waals surface area contributed by atoms with Crippen LogP contribution in [0.25, 0.3) is 0 Å². The summed E-state index contributed by atoms with van der Waals surface area (Å²) in [5, 5.41) is 2.87. The average Bonchev–Trinajstić information content (AvgIpc) is 2.72. The van der Waals surface area contributed by atoms with Crippen LogP contribution in [0.5, 0.6) is 0 Å². The van der Waals surface area contributed by atoms with Gasteiger partial charge >= 0.3 is 0 Å². The zero-order valence-electron chi connectivity index (χ0n) is 10.6. The summed E-state index contributed by atoms with van der Waals surface area (Å²) in [6.07, 6.45) is 4.39. The van der Waals surface area contributed by atoms with Gasteiger partial charge in [-0.25, -0.2) is 17.8 Å². The third-order valence-corrected chi connectivity index (χ3v) is 3.85. The number of aryl methyl sites for hydroxylation is 1. The Kier molecular flexibility index (Phi) is 3.57. The second kappa shape index (κ2) is 5.00. The fraction of sp³-hybridized carbons (Fsp3) is 0.250. The number of sulfone groups is 1. The molecule has 0 aliphatic carbocycles. The van der Waals surface area contributed by atoms with E-state index >= 15 is 0 Å². The Balaban J connectivity index is 2.23. The molecule has 1 N–H and O–H groups in total. The van der Waals surface area contributed by atoms with E-state index in [-0.39, 0.29) is 10.6 Å². The summed E-state index contributed by atoms with van der Waals surface area (Å²) in [6, 6.07) is 3.68. The minimum Gasteiger partial charge on any atom is -0.377 e. The van der Waals surface area contributed by atoms with Gasteiger partial charge in [-0.1, -0.05) is 0 Å². The molecule has 1 aromatic heterocycles. The van der Waals surface area contributed by atoms with Crippen molar-refractivity contribution in [3.63, 3.8) is 0 Å². The van der Waals surface area contributed by atoms with Gasteiger partial charge in [0.2, 0.25) is 0 Å². The first-order valence-electron chi connectivity index (χ1n) is 5.56. The van der Waals surface area contributed by atoms with Gasteiger partial charge in [-0.3, -0.25) is 0 Å². The van der Waals surface area contributed by atoms with Crippen LogP contribution in [0.3, 0.4) is 0 Å². The molecular weight excluding hydrogens is 269 g/mol. The van der Waals surface area contributed by atoms with Gasteiger partial charge < -0.3 is 9.88 Å². The number of anilines is 1. The molecular formula is C12H14FN3O2S. The van der Waals surface area contributed by atoms with Gasteiger partial charge in [0.15, 0.2) is 9.84 Å². The zero-order chi connectivity index (χ0) is 14.0. The van der Waals surface area contributed by atoms with E-state index in [1.54, 1.807) is 17.1 Å². The van der Waals surface area contributed by atoms with Crippen molar-refractivity contribution in [1.29, 1.82) is 0 Å². The lowest BCUT2D eigenvalue weighted by atomic mass is 10.3. The molecule has 2 aromatic rings. The summed E-state index contributed by atoms with van der Waals surface area (Å²) < 4.78 is 38.2. The third-order valence-electron chi connectivity index (χ3n) is 2.74. The maximum atomic E-state index is 13.6. The van der Waals surface area contributed by atoms with Crippen molar-refractivity contribution in [2.75, 3.05) is 11.6 Å². The van der Waals surface area contributed by atoms with Crippen LogP contribution in [-0.4, -0.2) is 24.2 Å². The predicted molar refractivity (Wildman–Crippen MR) is 70.0 cm³/mol. The lowest BCUT2D eigenvalue weighted by molar-refractivity contribution is 0.600. The monoisotopic (exact) mass is 283 g/mol. The molecule has 0 unspecified atom stereocenters. The fourth-order valence-corrected chi connectivity index (χ4v) is 2.26. The molecule has 1 heterocycles. The quantitative estimate of drug-likeness (QED) is 0.865. The number of halogens is 1. The molecule has 1 aromatic carbocycles. The van der Waals surface area contributed by atoms with Crippen LogP contribution < -0.4 is 5.32 Å². The minimum atomic E-state index is -3.35. The lowest BCUT2D eigenvalue weighted by Gasteiger charge is -2.09. The van der Waals surface area contributed by atoms with Crippen molar-refractivity contribution in [2.24, 2.45) is 7.05 Å². The second-order valence-electron chi connectivity index (χ2n) is 4.26. The number of benzene rings is 1. The van der Waals surface area contributed by atoms with Crippen molar-refractivity contribution in [2.45, 2.75) is 11.4 Å². The first kappa shape index (κ1) is 13.5. The maximum absolute atomic E-state index is 13.6. The summed E-state index contributed by atoms with van der Waals surface area (Å²) >= 11 is 0. The maximum Gasteiger partial charge on any atom is 0.175 e. The van der Waals surface area contributed by atoms with Crippen molar-refractivity contribution >= 4 is 15.5 Å². The smallest absolute Gasteiger partial charge is 0.175 e. The number of imidazole rings is 1. The van der Waals surface area contributed by atoms with Gasteiger partial charge in [-0.2, -0.15) is 0 Å². The average molecular weight is 283 g/mol. The Bertz CT molecular complexity index is 695. The Morgan fingerprint density at radius 1 is 1.42 bits per heavy atom. The number of nitrogens with zero attached hydrogens (tertiary/aromatic N) is 2.